The summed E-state index contributed by atoms with van der Waals surface area (Å²) in [6, 6.07) is 5.84. The van der Waals surface area contributed by atoms with Gasteiger partial charge in [0.15, 0.2) is 0 Å². The van der Waals surface area contributed by atoms with E-state index in [9.17, 15) is 19.7 Å². The van der Waals surface area contributed by atoms with E-state index in [1.165, 1.54) is 18.2 Å². The van der Waals surface area contributed by atoms with Gasteiger partial charge in [-0.25, -0.2) is 4.79 Å². The van der Waals surface area contributed by atoms with Gasteiger partial charge in [0, 0.05) is 18.7 Å². The molecule has 1 aromatic rings. The Hall–Kier alpha value is -2.48. The van der Waals surface area contributed by atoms with E-state index in [1.807, 2.05) is 0 Å². The Labute approximate surface area is 108 Å². The van der Waals surface area contributed by atoms with Crippen LogP contribution in [-0.4, -0.2) is 35.1 Å². The summed E-state index contributed by atoms with van der Waals surface area (Å²) in [5.74, 6) is -1.65. The fourth-order valence-corrected chi connectivity index (χ4v) is 1.26. The van der Waals surface area contributed by atoms with Crippen LogP contribution in [0.1, 0.15) is 5.56 Å². The number of rotatable bonds is 7. The molecule has 8 nitrogen and oxygen atoms in total. The number of nitrogens with one attached hydrogen (secondary N) is 1. The van der Waals surface area contributed by atoms with Crippen LogP contribution in [0.15, 0.2) is 24.3 Å². The first kappa shape index (κ1) is 14.6. The number of nitrogens with zero attached hydrogens (tertiary/aromatic N) is 1. The van der Waals surface area contributed by atoms with Crippen molar-refractivity contribution < 1.29 is 24.4 Å². The number of nitro groups is 1. The van der Waals surface area contributed by atoms with E-state index < -0.39 is 23.4 Å². The minimum atomic E-state index is -1.16. The first-order chi connectivity index (χ1) is 8.99. The van der Waals surface area contributed by atoms with Crippen molar-refractivity contribution in [3.8, 4) is 0 Å². The van der Waals surface area contributed by atoms with Crippen molar-refractivity contribution >= 4 is 17.6 Å². The Morgan fingerprint density at radius 3 is 2.74 bits per heavy atom. The number of carbonyl (C=O) groups is 2. The lowest BCUT2D eigenvalue weighted by Gasteiger charge is -2.05. The molecule has 8 heteroatoms. The van der Waals surface area contributed by atoms with Crippen LogP contribution in [0.25, 0.3) is 0 Å². The van der Waals surface area contributed by atoms with Gasteiger partial charge in [-0.2, -0.15) is 0 Å². The smallest absolute Gasteiger partial charge is 0.329 e. The number of ether oxygens (including phenoxy) is 1. The van der Waals surface area contributed by atoms with Crippen molar-refractivity contribution in [2.45, 2.75) is 6.54 Å². The summed E-state index contributed by atoms with van der Waals surface area (Å²) in [6.07, 6.45) is 0. The number of hydrogen-bond donors (Lipinski definition) is 2. The van der Waals surface area contributed by atoms with Crippen LogP contribution in [0.5, 0.6) is 0 Å². The fraction of sp³-hybridized carbons (Fsp3) is 0.273. The van der Waals surface area contributed by atoms with E-state index in [4.69, 9.17) is 5.11 Å². The number of amides is 1. The van der Waals surface area contributed by atoms with E-state index in [-0.39, 0.29) is 18.8 Å². The number of carboxylic acid groups (broad SMARTS) is 1. The van der Waals surface area contributed by atoms with Gasteiger partial charge in [-0.1, -0.05) is 12.1 Å². The molecule has 0 saturated carbocycles. The number of nitro benzene ring substituents is 1. The van der Waals surface area contributed by atoms with Crippen LogP contribution in [0.2, 0.25) is 0 Å². The van der Waals surface area contributed by atoms with Crippen LogP contribution < -0.4 is 5.32 Å². The number of carbonyl (C=O) groups excluding carboxylic acids is 1. The Balaban J connectivity index is 2.39. The van der Waals surface area contributed by atoms with Crippen molar-refractivity contribution in [2.75, 3.05) is 13.2 Å². The zero-order valence-electron chi connectivity index (χ0n) is 9.87. The maximum Gasteiger partial charge on any atom is 0.329 e. The van der Waals surface area contributed by atoms with E-state index in [0.29, 0.717) is 5.56 Å². The molecule has 0 aliphatic heterocycles. The third-order valence-electron chi connectivity index (χ3n) is 2.07. The average molecular weight is 268 g/mol. The fourth-order valence-electron chi connectivity index (χ4n) is 1.26. The van der Waals surface area contributed by atoms with E-state index >= 15 is 0 Å². The molecule has 0 saturated heterocycles. The lowest BCUT2D eigenvalue weighted by molar-refractivity contribution is -0.384. The second-order valence-electron chi connectivity index (χ2n) is 3.59. The Morgan fingerprint density at radius 2 is 2.11 bits per heavy atom. The highest BCUT2D eigenvalue weighted by molar-refractivity contribution is 5.77. The molecule has 0 fully saturated rings. The maximum atomic E-state index is 11.3. The average Bonchev–Trinajstić information content (AvgIpc) is 2.36. The molecule has 0 aromatic heterocycles. The third-order valence-corrected chi connectivity index (χ3v) is 2.07. The summed E-state index contributed by atoms with van der Waals surface area (Å²) >= 11 is 0. The first-order valence-corrected chi connectivity index (χ1v) is 5.28. The highest BCUT2D eigenvalue weighted by Gasteiger charge is 2.07. The summed E-state index contributed by atoms with van der Waals surface area (Å²) in [5, 5.41) is 21.3. The Kier molecular flexibility index (Phi) is 5.42. The highest BCUT2D eigenvalue weighted by atomic mass is 16.6. The van der Waals surface area contributed by atoms with Crippen molar-refractivity contribution in [2.24, 2.45) is 0 Å². The largest absolute Gasteiger partial charge is 0.480 e. The van der Waals surface area contributed by atoms with Gasteiger partial charge in [-0.15, -0.1) is 0 Å². The van der Waals surface area contributed by atoms with Gasteiger partial charge in [0.1, 0.15) is 13.2 Å². The van der Waals surface area contributed by atoms with E-state index in [1.54, 1.807) is 6.07 Å². The normalized spacial score (nSPS) is 9.89. The zero-order valence-corrected chi connectivity index (χ0v) is 9.87. The summed E-state index contributed by atoms with van der Waals surface area (Å²) in [6.45, 7) is -0.817. The van der Waals surface area contributed by atoms with Crippen LogP contribution in [0.4, 0.5) is 5.69 Å². The zero-order chi connectivity index (χ0) is 14.3. The number of hydrogen-bond acceptors (Lipinski definition) is 5. The van der Waals surface area contributed by atoms with Crippen molar-refractivity contribution in [1.29, 1.82) is 0 Å². The number of benzene rings is 1. The summed E-state index contributed by atoms with van der Waals surface area (Å²) in [4.78, 5) is 31.4. The molecule has 1 amide bonds. The molecule has 0 spiro atoms. The Bertz CT molecular complexity index is 488. The predicted octanol–water partition coefficient (Wildman–Crippen LogP) is 0.312. The minimum absolute atomic E-state index is 0.0612. The van der Waals surface area contributed by atoms with Gasteiger partial charge >= 0.3 is 5.97 Å². The molecule has 0 aliphatic rings. The second kappa shape index (κ2) is 7.07. The quantitative estimate of drug-likeness (QED) is 0.542. The molecule has 0 aliphatic carbocycles. The number of aliphatic carboxylic acids is 1. The van der Waals surface area contributed by atoms with Crippen LogP contribution in [0, 0.1) is 10.1 Å². The Morgan fingerprint density at radius 1 is 1.37 bits per heavy atom. The molecule has 1 rings (SSSR count). The van der Waals surface area contributed by atoms with Crippen LogP contribution in [0.3, 0.4) is 0 Å². The first-order valence-electron chi connectivity index (χ1n) is 5.28. The maximum absolute atomic E-state index is 11.3. The molecular formula is C11H12N2O6. The van der Waals surface area contributed by atoms with Gasteiger partial charge in [-0.05, 0) is 5.56 Å². The molecule has 0 atom stereocenters. The van der Waals surface area contributed by atoms with Crippen molar-refractivity contribution in [3.63, 3.8) is 0 Å². The molecule has 2 N–H and O–H groups in total. The molecule has 0 heterocycles. The van der Waals surface area contributed by atoms with Crippen molar-refractivity contribution in [3.05, 3.63) is 39.9 Å². The summed E-state index contributed by atoms with van der Waals surface area (Å²) in [5.41, 5.74) is 0.509. The molecule has 0 unspecified atom stereocenters. The van der Waals surface area contributed by atoms with E-state index in [0.717, 1.165) is 0 Å². The molecule has 1 aromatic carbocycles. The van der Waals surface area contributed by atoms with Gasteiger partial charge in [0.25, 0.3) is 5.69 Å². The monoisotopic (exact) mass is 268 g/mol. The second-order valence-corrected chi connectivity index (χ2v) is 3.59. The third kappa shape index (κ3) is 5.59. The van der Waals surface area contributed by atoms with E-state index in [2.05, 4.69) is 10.1 Å². The molecular weight excluding hydrogens is 256 g/mol. The van der Waals surface area contributed by atoms with Crippen LogP contribution >= 0.6 is 0 Å². The molecule has 102 valence electrons. The van der Waals surface area contributed by atoms with Gasteiger partial charge in [0.2, 0.25) is 5.91 Å². The summed E-state index contributed by atoms with van der Waals surface area (Å²) in [7, 11) is 0. The number of non-ortho nitro benzene ring substituents is 1. The van der Waals surface area contributed by atoms with Gasteiger partial charge in [0.05, 0.1) is 4.92 Å². The molecule has 0 bridgehead atoms. The standard InChI is InChI=1S/C11H12N2O6/c14-10(6-19-7-11(15)16)12-5-8-2-1-3-9(4-8)13(17)18/h1-4H,5-7H2,(H,12,14)(H,15,16). The predicted molar refractivity (Wildman–Crippen MR) is 63.4 cm³/mol. The number of carboxylic acids is 1. The lowest BCUT2D eigenvalue weighted by Crippen LogP contribution is -2.28. The van der Waals surface area contributed by atoms with Crippen LogP contribution in [-0.2, 0) is 20.9 Å². The topological polar surface area (TPSA) is 119 Å². The summed E-state index contributed by atoms with van der Waals surface area (Å²) < 4.78 is 4.59. The molecule has 19 heavy (non-hydrogen) atoms. The minimum Gasteiger partial charge on any atom is -0.480 e. The van der Waals surface area contributed by atoms with Crippen molar-refractivity contribution in [1.82, 2.24) is 5.32 Å². The SMILES string of the molecule is O=C(O)COCC(=O)NCc1cccc([N+](=O)[O-])c1. The molecule has 0 radical (unpaired) electrons. The van der Waals surface area contributed by atoms with Gasteiger partial charge < -0.3 is 15.2 Å². The van der Waals surface area contributed by atoms with Gasteiger partial charge in [-0.3, -0.25) is 14.9 Å². The lowest BCUT2D eigenvalue weighted by atomic mass is 10.2. The highest BCUT2D eigenvalue weighted by Crippen LogP contribution is 2.12.